The molecule has 0 spiro atoms. The Bertz CT molecular complexity index is 736. The van der Waals surface area contributed by atoms with Crippen LogP contribution in [0.1, 0.15) is 6.42 Å². The average Bonchev–Trinajstić information content (AvgIpc) is 2.49. The molecule has 16 heteroatoms. The molecule has 0 atom stereocenters. The SMILES string of the molecule is C=CC(=O)OCCC[Si](C)(C)O[Si](C)(C)O[Si](C)(C)O[Si](C)(C)O[Si](C)(C)O[Si](C)(C)O[Si](C)(C)O. The summed E-state index contributed by atoms with van der Waals surface area (Å²) in [6, 6.07) is 0.857. The molecule has 214 valence electrons. The van der Waals surface area contributed by atoms with Gasteiger partial charge in [-0.05, 0) is 104 Å². The Kier molecular flexibility index (Phi) is 13.4. The lowest BCUT2D eigenvalue weighted by atomic mass is 10.5. The average molecular weight is 633 g/mol. The zero-order chi connectivity index (χ0) is 28.9. The van der Waals surface area contributed by atoms with Crippen molar-refractivity contribution in [2.24, 2.45) is 0 Å². The van der Waals surface area contributed by atoms with E-state index in [1.165, 1.54) is 6.08 Å². The van der Waals surface area contributed by atoms with Crippen LogP contribution in [-0.4, -0.2) is 77.1 Å². The fourth-order valence-electron chi connectivity index (χ4n) is 4.52. The second-order valence-electron chi connectivity index (χ2n) is 12.3. The first-order chi connectivity index (χ1) is 15.7. The van der Waals surface area contributed by atoms with Crippen molar-refractivity contribution in [3.8, 4) is 0 Å². The Balaban J connectivity index is 5.10. The van der Waals surface area contributed by atoms with Crippen LogP contribution in [0.2, 0.25) is 97.7 Å². The molecule has 0 saturated carbocycles. The third-order valence-electron chi connectivity index (χ3n) is 4.32. The van der Waals surface area contributed by atoms with E-state index in [1.807, 2.05) is 52.4 Å². The molecule has 0 heterocycles. The van der Waals surface area contributed by atoms with Crippen LogP contribution in [0.5, 0.6) is 0 Å². The van der Waals surface area contributed by atoms with E-state index >= 15 is 0 Å². The standard InChI is InChI=1S/C20H52O9Si7/c1-16-20(21)23-18-17-19-30(2,3)24-32(6,7)26-34(10,11)28-36(14,15)29-35(12,13)27-33(8,9)25-31(4,5)22/h16,22H,1,17-19H2,2-15H3. The van der Waals surface area contributed by atoms with Crippen LogP contribution in [0.4, 0.5) is 0 Å². The topological polar surface area (TPSA) is 102 Å². The maximum atomic E-state index is 11.2. The van der Waals surface area contributed by atoms with Gasteiger partial charge in [0.2, 0.25) is 0 Å². The largest absolute Gasteiger partial charge is 0.463 e. The van der Waals surface area contributed by atoms with Gasteiger partial charge in [0.15, 0.2) is 8.32 Å². The van der Waals surface area contributed by atoms with E-state index in [0.29, 0.717) is 6.61 Å². The van der Waals surface area contributed by atoms with E-state index in [4.69, 9.17) is 29.4 Å². The second kappa shape index (κ2) is 13.2. The van der Waals surface area contributed by atoms with Gasteiger partial charge in [-0.3, -0.25) is 0 Å². The predicted molar refractivity (Wildman–Crippen MR) is 162 cm³/mol. The van der Waals surface area contributed by atoms with Crippen LogP contribution in [0.25, 0.3) is 0 Å². The van der Waals surface area contributed by atoms with Crippen molar-refractivity contribution < 1.29 is 39.0 Å². The molecule has 1 N–H and O–H groups in total. The highest BCUT2D eigenvalue weighted by Gasteiger charge is 2.48. The first-order valence-electron chi connectivity index (χ1n) is 12.4. The summed E-state index contributed by atoms with van der Waals surface area (Å²) in [6.45, 7) is 31.6. The van der Waals surface area contributed by atoms with Gasteiger partial charge < -0.3 is 34.2 Å². The van der Waals surface area contributed by atoms with Crippen molar-refractivity contribution in [3.63, 3.8) is 0 Å². The third-order valence-corrected chi connectivity index (χ3v) is 29.7. The lowest BCUT2D eigenvalue weighted by molar-refractivity contribution is -0.137. The van der Waals surface area contributed by atoms with E-state index in [2.05, 4.69) is 32.8 Å². The first kappa shape index (κ1) is 36.4. The summed E-state index contributed by atoms with van der Waals surface area (Å²) in [5, 5.41) is 0. The number of hydrogen-bond donors (Lipinski definition) is 1. The highest BCUT2D eigenvalue weighted by molar-refractivity contribution is 6.91. The van der Waals surface area contributed by atoms with Crippen LogP contribution in [0.3, 0.4) is 0 Å². The number of hydrogen-bond acceptors (Lipinski definition) is 9. The molecule has 0 aromatic rings. The summed E-state index contributed by atoms with van der Waals surface area (Å²) in [5.41, 5.74) is 0. The minimum Gasteiger partial charge on any atom is -0.463 e. The van der Waals surface area contributed by atoms with Gasteiger partial charge in [-0.2, -0.15) is 0 Å². The van der Waals surface area contributed by atoms with Crippen LogP contribution < -0.4 is 0 Å². The van der Waals surface area contributed by atoms with Crippen LogP contribution in [-0.2, 0) is 34.2 Å². The molecule has 0 saturated heterocycles. The van der Waals surface area contributed by atoms with Crippen molar-refractivity contribution in [3.05, 3.63) is 12.7 Å². The van der Waals surface area contributed by atoms with Gasteiger partial charge in [0.05, 0.1) is 6.61 Å². The van der Waals surface area contributed by atoms with Gasteiger partial charge in [-0.1, -0.05) is 6.58 Å². The molecule has 0 amide bonds. The Morgan fingerprint density at radius 2 is 0.972 bits per heavy atom. The predicted octanol–water partition coefficient (Wildman–Crippen LogP) is 5.61. The Labute approximate surface area is 227 Å². The number of esters is 1. The summed E-state index contributed by atoms with van der Waals surface area (Å²) in [6.07, 6.45) is 1.92. The maximum absolute atomic E-state index is 11.2. The smallest absolute Gasteiger partial charge is 0.330 e. The molecule has 0 aliphatic heterocycles. The molecule has 0 fully saturated rings. The Morgan fingerprint density at radius 1 is 0.639 bits per heavy atom. The van der Waals surface area contributed by atoms with Gasteiger partial charge in [-0.25, -0.2) is 4.79 Å². The number of rotatable bonds is 17. The summed E-state index contributed by atoms with van der Waals surface area (Å²) in [5.74, 6) is -0.401. The Hall–Kier alpha value is 0.448. The second-order valence-corrected chi connectivity index (χ2v) is 38.1. The van der Waals surface area contributed by atoms with Crippen molar-refractivity contribution >= 4 is 65.7 Å². The first-order valence-corrected chi connectivity index (χ1v) is 32.5. The number of carbonyl (C=O) groups is 1. The third kappa shape index (κ3) is 17.9. The highest BCUT2D eigenvalue weighted by atomic mass is 28.5. The summed E-state index contributed by atoms with van der Waals surface area (Å²) in [4.78, 5) is 21.4. The van der Waals surface area contributed by atoms with Crippen LogP contribution in [0.15, 0.2) is 12.7 Å². The highest BCUT2D eigenvalue weighted by Crippen LogP contribution is 2.29. The van der Waals surface area contributed by atoms with Crippen molar-refractivity contribution in [1.82, 2.24) is 0 Å². The normalized spacial score (nSPS) is 14.6. The molecule has 0 aliphatic rings. The summed E-state index contributed by atoms with van der Waals surface area (Å²) in [7, 11) is -17.6. The maximum Gasteiger partial charge on any atom is 0.330 e. The molecular formula is C20H52O9Si7. The molecule has 36 heavy (non-hydrogen) atoms. The Morgan fingerprint density at radius 3 is 1.31 bits per heavy atom. The van der Waals surface area contributed by atoms with E-state index in [1.54, 1.807) is 13.1 Å². The van der Waals surface area contributed by atoms with Gasteiger partial charge in [0.1, 0.15) is 0 Å². The summed E-state index contributed by atoms with van der Waals surface area (Å²) >= 11 is 0. The quantitative estimate of drug-likeness (QED) is 0.0948. The van der Waals surface area contributed by atoms with E-state index in [-0.39, 0.29) is 0 Å². The van der Waals surface area contributed by atoms with Crippen molar-refractivity contribution in [2.45, 2.75) is 104 Å². The van der Waals surface area contributed by atoms with Crippen LogP contribution >= 0.6 is 0 Å². The van der Waals surface area contributed by atoms with Gasteiger partial charge in [0, 0.05) is 6.08 Å². The molecule has 0 aliphatic carbocycles. The minimum atomic E-state index is -2.72. The van der Waals surface area contributed by atoms with Crippen LogP contribution in [0, 0.1) is 0 Å². The molecule has 0 bridgehead atoms. The van der Waals surface area contributed by atoms with Crippen molar-refractivity contribution in [1.29, 1.82) is 0 Å². The lowest BCUT2D eigenvalue weighted by Gasteiger charge is -2.43. The zero-order valence-corrected chi connectivity index (χ0v) is 32.1. The monoisotopic (exact) mass is 632 g/mol. The molecule has 0 rings (SSSR count). The fourth-order valence-corrected chi connectivity index (χ4v) is 37.7. The van der Waals surface area contributed by atoms with Gasteiger partial charge >= 0.3 is 57.3 Å². The summed E-state index contributed by atoms with van der Waals surface area (Å²) < 4.78 is 43.7. The molecule has 0 unspecified atom stereocenters. The molecule has 0 radical (unpaired) electrons. The molecule has 0 aromatic heterocycles. The zero-order valence-electron chi connectivity index (χ0n) is 25.1. The fraction of sp³-hybridized carbons (Fsp3) is 0.850. The van der Waals surface area contributed by atoms with E-state index in [0.717, 1.165) is 12.5 Å². The van der Waals surface area contributed by atoms with Gasteiger partial charge in [0.25, 0.3) is 0 Å². The lowest BCUT2D eigenvalue weighted by Crippen LogP contribution is -2.61. The molecule has 0 aromatic carbocycles. The van der Waals surface area contributed by atoms with E-state index < -0.39 is 65.7 Å². The van der Waals surface area contributed by atoms with Crippen molar-refractivity contribution in [2.75, 3.05) is 6.61 Å². The number of ether oxygens (including phenoxy) is 1. The van der Waals surface area contributed by atoms with Gasteiger partial charge in [-0.15, -0.1) is 0 Å². The molecule has 9 nitrogen and oxygen atoms in total. The molecular weight excluding hydrogens is 581 g/mol. The minimum absolute atomic E-state index is 0.360. The number of carbonyl (C=O) groups excluding carboxylic acids is 1. The van der Waals surface area contributed by atoms with E-state index in [9.17, 15) is 9.59 Å².